The molecule has 1 N–H and O–H groups in total. The third-order valence-corrected chi connectivity index (χ3v) is 2.61. The van der Waals surface area contributed by atoms with Crippen LogP contribution in [0.4, 0.5) is 0 Å². The fourth-order valence-corrected chi connectivity index (χ4v) is 1.93. The van der Waals surface area contributed by atoms with Crippen molar-refractivity contribution in [3.63, 3.8) is 0 Å². The lowest BCUT2D eigenvalue weighted by Gasteiger charge is -2.10. The largest absolute Gasteiger partial charge is 0.466 e. The predicted molar refractivity (Wildman–Crippen MR) is 46.0 cm³/mol. The second-order valence-electron chi connectivity index (χ2n) is 3.55. The van der Waals surface area contributed by atoms with Crippen molar-refractivity contribution in [1.29, 1.82) is 0 Å². The molecule has 0 aromatic carbocycles. The minimum Gasteiger partial charge on any atom is -0.466 e. The molecule has 1 aromatic rings. The van der Waals surface area contributed by atoms with E-state index in [9.17, 15) is 5.11 Å². The fourth-order valence-electron chi connectivity index (χ4n) is 1.93. The Hall–Kier alpha value is -0.760. The normalized spacial score (nSPS) is 29.5. The summed E-state index contributed by atoms with van der Waals surface area (Å²) < 4.78 is 5.48. The number of rotatable bonds is 1. The van der Waals surface area contributed by atoms with Gasteiger partial charge in [-0.05, 0) is 31.9 Å². The highest BCUT2D eigenvalue weighted by molar-refractivity contribution is 5.13. The monoisotopic (exact) mass is 166 g/mol. The van der Waals surface area contributed by atoms with Gasteiger partial charge in [-0.3, -0.25) is 0 Å². The van der Waals surface area contributed by atoms with Gasteiger partial charge in [0.05, 0.1) is 6.10 Å². The van der Waals surface area contributed by atoms with E-state index in [0.717, 1.165) is 30.8 Å². The Kier molecular flexibility index (Phi) is 1.93. The zero-order chi connectivity index (χ0) is 8.55. The maximum Gasteiger partial charge on any atom is 0.109 e. The molecule has 66 valence electrons. The smallest absolute Gasteiger partial charge is 0.109 e. The summed E-state index contributed by atoms with van der Waals surface area (Å²) in [5, 5.41) is 9.59. The zero-order valence-corrected chi connectivity index (χ0v) is 7.29. The molecule has 1 fully saturated rings. The number of furan rings is 1. The van der Waals surface area contributed by atoms with E-state index in [-0.39, 0.29) is 12.0 Å². The van der Waals surface area contributed by atoms with Gasteiger partial charge in [-0.2, -0.15) is 0 Å². The summed E-state index contributed by atoms with van der Waals surface area (Å²) >= 11 is 0. The summed E-state index contributed by atoms with van der Waals surface area (Å²) in [7, 11) is 0. The van der Waals surface area contributed by atoms with Crippen LogP contribution in [0.5, 0.6) is 0 Å². The third kappa shape index (κ3) is 1.27. The highest BCUT2D eigenvalue weighted by Gasteiger charge is 2.28. The van der Waals surface area contributed by atoms with Crippen LogP contribution in [0.1, 0.15) is 36.7 Å². The van der Waals surface area contributed by atoms with Crippen LogP contribution >= 0.6 is 0 Å². The van der Waals surface area contributed by atoms with Crippen molar-refractivity contribution in [2.45, 2.75) is 38.2 Å². The molecule has 1 aliphatic rings. The van der Waals surface area contributed by atoms with Crippen molar-refractivity contribution in [3.05, 3.63) is 23.7 Å². The van der Waals surface area contributed by atoms with Crippen LogP contribution in [0.3, 0.4) is 0 Å². The van der Waals surface area contributed by atoms with Crippen LogP contribution in [0.2, 0.25) is 0 Å². The van der Waals surface area contributed by atoms with Gasteiger partial charge in [0.1, 0.15) is 11.5 Å². The molecule has 0 saturated heterocycles. The molecule has 2 heteroatoms. The van der Waals surface area contributed by atoms with Gasteiger partial charge < -0.3 is 9.52 Å². The summed E-state index contributed by atoms with van der Waals surface area (Å²) in [4.78, 5) is 0. The van der Waals surface area contributed by atoms with Gasteiger partial charge >= 0.3 is 0 Å². The summed E-state index contributed by atoms with van der Waals surface area (Å²) in [6, 6.07) is 3.94. The molecule has 1 aromatic heterocycles. The van der Waals surface area contributed by atoms with Crippen molar-refractivity contribution in [1.82, 2.24) is 0 Å². The number of hydrogen-bond acceptors (Lipinski definition) is 2. The van der Waals surface area contributed by atoms with Gasteiger partial charge in [0.15, 0.2) is 0 Å². The number of aryl methyl sites for hydroxylation is 1. The molecule has 1 aliphatic carbocycles. The lowest BCUT2D eigenvalue weighted by molar-refractivity contribution is 0.154. The SMILES string of the molecule is Cc1ccc(C2CCCC2O)o1. The van der Waals surface area contributed by atoms with Crippen LogP contribution in [0.15, 0.2) is 16.5 Å². The Morgan fingerprint density at radius 1 is 1.42 bits per heavy atom. The first-order valence-corrected chi connectivity index (χ1v) is 4.52. The molecular weight excluding hydrogens is 152 g/mol. The van der Waals surface area contributed by atoms with Gasteiger partial charge in [-0.1, -0.05) is 6.42 Å². The van der Waals surface area contributed by atoms with Crippen LogP contribution < -0.4 is 0 Å². The van der Waals surface area contributed by atoms with Gasteiger partial charge in [-0.25, -0.2) is 0 Å². The highest BCUT2D eigenvalue weighted by Crippen LogP contribution is 2.35. The first kappa shape index (κ1) is 7.87. The molecule has 0 radical (unpaired) electrons. The minimum absolute atomic E-state index is 0.185. The predicted octanol–water partition coefficient (Wildman–Crippen LogP) is 2.22. The molecule has 1 saturated carbocycles. The van der Waals surface area contributed by atoms with E-state index in [1.807, 2.05) is 19.1 Å². The Balaban J connectivity index is 2.19. The van der Waals surface area contributed by atoms with E-state index in [1.54, 1.807) is 0 Å². The average Bonchev–Trinajstić information content (AvgIpc) is 2.58. The van der Waals surface area contributed by atoms with Gasteiger partial charge in [-0.15, -0.1) is 0 Å². The molecule has 0 amide bonds. The van der Waals surface area contributed by atoms with Crippen molar-refractivity contribution in [3.8, 4) is 0 Å². The van der Waals surface area contributed by atoms with Crippen molar-refractivity contribution in [2.24, 2.45) is 0 Å². The van der Waals surface area contributed by atoms with Crippen LogP contribution in [-0.2, 0) is 0 Å². The van der Waals surface area contributed by atoms with Gasteiger partial charge in [0.2, 0.25) is 0 Å². The molecule has 2 nitrogen and oxygen atoms in total. The second kappa shape index (κ2) is 2.94. The Bertz CT molecular complexity index is 265. The van der Waals surface area contributed by atoms with Crippen LogP contribution in [-0.4, -0.2) is 11.2 Å². The lowest BCUT2D eigenvalue weighted by atomic mass is 10.0. The summed E-state index contributed by atoms with van der Waals surface area (Å²) in [6.45, 7) is 1.94. The minimum atomic E-state index is -0.185. The van der Waals surface area contributed by atoms with E-state index in [0.29, 0.717) is 0 Å². The quantitative estimate of drug-likeness (QED) is 0.694. The average molecular weight is 166 g/mol. The maximum absolute atomic E-state index is 9.59. The van der Waals surface area contributed by atoms with Crippen molar-refractivity contribution >= 4 is 0 Å². The summed E-state index contributed by atoms with van der Waals surface area (Å²) in [5.74, 6) is 2.14. The first-order chi connectivity index (χ1) is 5.77. The molecule has 2 unspecified atom stereocenters. The molecule has 0 spiro atoms. The van der Waals surface area contributed by atoms with Gasteiger partial charge in [0.25, 0.3) is 0 Å². The van der Waals surface area contributed by atoms with Crippen LogP contribution in [0.25, 0.3) is 0 Å². The van der Waals surface area contributed by atoms with E-state index in [4.69, 9.17) is 4.42 Å². The first-order valence-electron chi connectivity index (χ1n) is 4.52. The van der Waals surface area contributed by atoms with E-state index >= 15 is 0 Å². The second-order valence-corrected chi connectivity index (χ2v) is 3.55. The lowest BCUT2D eigenvalue weighted by Crippen LogP contribution is -2.09. The molecule has 0 bridgehead atoms. The molecule has 2 rings (SSSR count). The standard InChI is InChI=1S/C10H14O2/c1-7-5-6-10(12-7)8-3-2-4-9(8)11/h5-6,8-9,11H,2-4H2,1H3. The zero-order valence-electron chi connectivity index (χ0n) is 7.29. The maximum atomic E-state index is 9.59. The van der Waals surface area contributed by atoms with E-state index in [2.05, 4.69) is 0 Å². The Labute approximate surface area is 72.2 Å². The van der Waals surface area contributed by atoms with Crippen LogP contribution in [0, 0.1) is 6.92 Å². The van der Waals surface area contributed by atoms with Crippen molar-refractivity contribution < 1.29 is 9.52 Å². The van der Waals surface area contributed by atoms with Crippen molar-refractivity contribution in [2.75, 3.05) is 0 Å². The van der Waals surface area contributed by atoms with E-state index in [1.165, 1.54) is 0 Å². The third-order valence-electron chi connectivity index (χ3n) is 2.61. The number of aliphatic hydroxyl groups is 1. The Morgan fingerprint density at radius 2 is 2.25 bits per heavy atom. The molecule has 12 heavy (non-hydrogen) atoms. The summed E-state index contributed by atoms with van der Waals surface area (Å²) in [5.41, 5.74) is 0. The van der Waals surface area contributed by atoms with E-state index < -0.39 is 0 Å². The molecular formula is C10H14O2. The fraction of sp³-hybridized carbons (Fsp3) is 0.600. The molecule has 1 heterocycles. The van der Waals surface area contributed by atoms with Gasteiger partial charge in [0, 0.05) is 5.92 Å². The molecule has 2 atom stereocenters. The summed E-state index contributed by atoms with van der Waals surface area (Å²) in [6.07, 6.45) is 2.92. The molecule has 0 aliphatic heterocycles. The number of hydrogen-bond donors (Lipinski definition) is 1. The Morgan fingerprint density at radius 3 is 2.75 bits per heavy atom. The number of aliphatic hydroxyl groups excluding tert-OH is 1. The highest BCUT2D eigenvalue weighted by atomic mass is 16.3. The topological polar surface area (TPSA) is 33.4 Å².